The van der Waals surface area contributed by atoms with Gasteiger partial charge < -0.3 is 4.74 Å². The molecule has 0 fully saturated rings. The van der Waals surface area contributed by atoms with E-state index in [4.69, 9.17) is 4.74 Å². The van der Waals surface area contributed by atoms with Crippen molar-refractivity contribution in [1.29, 1.82) is 0 Å². The first-order valence-electron chi connectivity index (χ1n) is 6.71. The van der Waals surface area contributed by atoms with E-state index in [1.165, 1.54) is 18.2 Å². The monoisotopic (exact) mass is 311 g/mol. The van der Waals surface area contributed by atoms with Crippen molar-refractivity contribution in [3.8, 4) is 0 Å². The Labute approximate surface area is 126 Å². The van der Waals surface area contributed by atoms with E-state index in [1.54, 1.807) is 18.2 Å². The zero-order chi connectivity index (χ0) is 15.9. The topological polar surface area (TPSA) is 72.5 Å². The van der Waals surface area contributed by atoms with Gasteiger partial charge in [0.1, 0.15) is 12.6 Å². The molecule has 0 aliphatic rings. The summed E-state index contributed by atoms with van der Waals surface area (Å²) in [6.45, 7) is 7.33. The van der Waals surface area contributed by atoms with Crippen LogP contribution >= 0.6 is 0 Å². The van der Waals surface area contributed by atoms with Crippen LogP contribution in [0.4, 0.5) is 0 Å². The van der Waals surface area contributed by atoms with E-state index in [9.17, 15) is 13.2 Å². The van der Waals surface area contributed by atoms with E-state index in [2.05, 4.69) is 11.3 Å². The van der Waals surface area contributed by atoms with Crippen LogP contribution in [0.2, 0.25) is 0 Å². The molecule has 0 aliphatic heterocycles. The third kappa shape index (κ3) is 5.69. The Morgan fingerprint density at radius 3 is 2.48 bits per heavy atom. The molecule has 0 saturated heterocycles. The van der Waals surface area contributed by atoms with Crippen LogP contribution in [-0.4, -0.2) is 27.0 Å². The molecular formula is C15H21NO4S. The molecule has 0 amide bonds. The second-order valence-corrected chi connectivity index (χ2v) is 6.75. The molecule has 1 rings (SSSR count). The van der Waals surface area contributed by atoms with Crippen molar-refractivity contribution in [2.24, 2.45) is 5.92 Å². The molecule has 6 heteroatoms. The van der Waals surface area contributed by atoms with Crippen LogP contribution in [0.1, 0.15) is 20.3 Å². The number of rotatable bonds is 8. The lowest BCUT2D eigenvalue weighted by Gasteiger charge is -2.19. The molecule has 1 aromatic rings. The number of benzene rings is 1. The number of carbonyl (C=O) groups excluding carboxylic acids is 1. The molecule has 1 aromatic carbocycles. The Morgan fingerprint density at radius 2 is 1.95 bits per heavy atom. The fourth-order valence-electron chi connectivity index (χ4n) is 1.76. The summed E-state index contributed by atoms with van der Waals surface area (Å²) in [5, 5.41) is 0. The zero-order valence-electron chi connectivity index (χ0n) is 12.3. The number of hydrogen-bond acceptors (Lipinski definition) is 4. The van der Waals surface area contributed by atoms with Crippen LogP contribution in [-0.2, 0) is 19.6 Å². The zero-order valence-corrected chi connectivity index (χ0v) is 13.1. The van der Waals surface area contributed by atoms with Crippen molar-refractivity contribution >= 4 is 16.0 Å². The van der Waals surface area contributed by atoms with Crippen LogP contribution in [0.3, 0.4) is 0 Å². The largest absolute Gasteiger partial charge is 0.460 e. The van der Waals surface area contributed by atoms with Crippen LogP contribution in [0, 0.1) is 5.92 Å². The molecule has 21 heavy (non-hydrogen) atoms. The molecule has 0 aliphatic carbocycles. The van der Waals surface area contributed by atoms with Crippen molar-refractivity contribution in [2.45, 2.75) is 31.2 Å². The van der Waals surface area contributed by atoms with Crippen molar-refractivity contribution in [2.75, 3.05) is 6.61 Å². The number of hydrogen-bond donors (Lipinski definition) is 1. The smallest absolute Gasteiger partial charge is 0.324 e. The summed E-state index contributed by atoms with van der Waals surface area (Å²) >= 11 is 0. The van der Waals surface area contributed by atoms with Gasteiger partial charge in [0.2, 0.25) is 10.0 Å². The quantitative estimate of drug-likeness (QED) is 0.589. The lowest BCUT2D eigenvalue weighted by Crippen LogP contribution is -2.42. The number of sulfonamides is 1. The first-order chi connectivity index (χ1) is 9.86. The second-order valence-electron chi connectivity index (χ2n) is 5.04. The Hall–Kier alpha value is -1.66. The van der Waals surface area contributed by atoms with Crippen LogP contribution in [0.15, 0.2) is 47.9 Å². The third-order valence-electron chi connectivity index (χ3n) is 2.69. The van der Waals surface area contributed by atoms with E-state index in [-0.39, 0.29) is 17.4 Å². The second kappa shape index (κ2) is 7.95. The predicted octanol–water partition coefficient (Wildman–Crippen LogP) is 2.11. The fraction of sp³-hybridized carbons (Fsp3) is 0.400. The van der Waals surface area contributed by atoms with E-state index < -0.39 is 22.0 Å². The highest BCUT2D eigenvalue weighted by atomic mass is 32.2. The number of esters is 1. The van der Waals surface area contributed by atoms with Gasteiger partial charge in [-0.05, 0) is 24.5 Å². The fourth-order valence-corrected chi connectivity index (χ4v) is 2.98. The van der Waals surface area contributed by atoms with Crippen LogP contribution in [0.25, 0.3) is 0 Å². The van der Waals surface area contributed by atoms with E-state index >= 15 is 0 Å². The van der Waals surface area contributed by atoms with Crippen molar-refractivity contribution < 1.29 is 17.9 Å². The van der Waals surface area contributed by atoms with Crippen molar-refractivity contribution in [3.63, 3.8) is 0 Å². The number of carbonyl (C=O) groups is 1. The summed E-state index contributed by atoms with van der Waals surface area (Å²) in [5.74, 6) is -0.451. The molecule has 1 N–H and O–H groups in total. The van der Waals surface area contributed by atoms with Crippen LogP contribution < -0.4 is 4.72 Å². The lowest BCUT2D eigenvalue weighted by molar-refractivity contribution is -0.144. The maximum atomic E-state index is 12.3. The Morgan fingerprint density at radius 1 is 1.33 bits per heavy atom. The summed E-state index contributed by atoms with van der Waals surface area (Å²) in [4.78, 5) is 12.1. The minimum absolute atomic E-state index is 0.0560. The van der Waals surface area contributed by atoms with Gasteiger partial charge in [0.05, 0.1) is 4.90 Å². The molecule has 116 valence electrons. The number of ether oxygens (including phenoxy) is 1. The van der Waals surface area contributed by atoms with Gasteiger partial charge >= 0.3 is 5.97 Å². The van der Waals surface area contributed by atoms with Gasteiger partial charge in [-0.25, -0.2) is 8.42 Å². The first-order valence-corrected chi connectivity index (χ1v) is 8.20. The molecule has 0 unspecified atom stereocenters. The SMILES string of the molecule is C=CCOC(=O)[C@H](CC(C)C)NS(=O)(=O)c1ccccc1. The van der Waals surface area contributed by atoms with Crippen LogP contribution in [0.5, 0.6) is 0 Å². The first kappa shape index (κ1) is 17.4. The average molecular weight is 311 g/mol. The van der Waals surface area contributed by atoms with Gasteiger partial charge in [0.25, 0.3) is 0 Å². The highest BCUT2D eigenvalue weighted by molar-refractivity contribution is 7.89. The van der Waals surface area contributed by atoms with Gasteiger partial charge in [-0.3, -0.25) is 4.79 Å². The van der Waals surface area contributed by atoms with E-state index in [1.807, 2.05) is 13.8 Å². The summed E-state index contributed by atoms with van der Waals surface area (Å²) in [7, 11) is -3.75. The Balaban J connectivity index is 2.90. The Bertz CT molecular complexity index is 567. The van der Waals surface area contributed by atoms with Gasteiger partial charge in [0.15, 0.2) is 0 Å². The average Bonchev–Trinajstić information content (AvgIpc) is 2.44. The summed E-state index contributed by atoms with van der Waals surface area (Å²) in [5.41, 5.74) is 0. The number of nitrogens with one attached hydrogen (secondary N) is 1. The third-order valence-corrected chi connectivity index (χ3v) is 4.17. The van der Waals surface area contributed by atoms with E-state index in [0.29, 0.717) is 6.42 Å². The van der Waals surface area contributed by atoms with Gasteiger partial charge in [-0.1, -0.05) is 44.7 Å². The molecule has 0 aromatic heterocycles. The normalized spacial score (nSPS) is 12.9. The molecule has 0 spiro atoms. The van der Waals surface area contributed by atoms with Crippen molar-refractivity contribution in [1.82, 2.24) is 4.72 Å². The highest BCUT2D eigenvalue weighted by Crippen LogP contribution is 2.12. The van der Waals surface area contributed by atoms with Gasteiger partial charge in [0, 0.05) is 0 Å². The van der Waals surface area contributed by atoms with Gasteiger partial charge in [-0.2, -0.15) is 4.72 Å². The predicted molar refractivity (Wildman–Crippen MR) is 81.2 cm³/mol. The van der Waals surface area contributed by atoms with Crippen molar-refractivity contribution in [3.05, 3.63) is 43.0 Å². The standard InChI is InChI=1S/C15H21NO4S/c1-4-10-20-15(17)14(11-12(2)3)16-21(18,19)13-8-6-5-7-9-13/h4-9,12,14,16H,1,10-11H2,2-3H3/t14-/m0/s1. The summed E-state index contributed by atoms with van der Waals surface area (Å²) in [6.07, 6.45) is 1.80. The molecule has 0 bridgehead atoms. The molecule has 0 heterocycles. The lowest BCUT2D eigenvalue weighted by atomic mass is 10.1. The summed E-state index contributed by atoms with van der Waals surface area (Å²) in [6, 6.07) is 7.02. The molecule has 1 atom stereocenters. The highest BCUT2D eigenvalue weighted by Gasteiger charge is 2.27. The maximum Gasteiger partial charge on any atom is 0.324 e. The maximum absolute atomic E-state index is 12.3. The molecule has 0 radical (unpaired) electrons. The minimum Gasteiger partial charge on any atom is -0.460 e. The molecular weight excluding hydrogens is 290 g/mol. The van der Waals surface area contributed by atoms with Gasteiger partial charge in [-0.15, -0.1) is 0 Å². The summed E-state index contributed by atoms with van der Waals surface area (Å²) < 4.78 is 31.9. The minimum atomic E-state index is -3.75. The Kier molecular flexibility index (Phi) is 6.58. The molecule has 5 nitrogen and oxygen atoms in total. The van der Waals surface area contributed by atoms with E-state index in [0.717, 1.165) is 0 Å². The molecule has 0 saturated carbocycles.